The summed E-state index contributed by atoms with van der Waals surface area (Å²) in [4.78, 5) is 14.4. The SMILES string of the molecule is COc1cccc(C(CNC(=O)CCc2ccc(OC)c(Cl)c2)N(C)C)c1. The van der Waals surface area contributed by atoms with Gasteiger partial charge < -0.3 is 19.7 Å². The number of nitrogens with zero attached hydrogens (tertiary/aromatic N) is 1. The number of aryl methyl sites for hydroxylation is 1. The molecule has 1 unspecified atom stereocenters. The van der Waals surface area contributed by atoms with Gasteiger partial charge in [0.05, 0.1) is 25.3 Å². The molecule has 0 heterocycles. The molecule has 146 valence electrons. The van der Waals surface area contributed by atoms with Crippen LogP contribution in [0.15, 0.2) is 42.5 Å². The minimum Gasteiger partial charge on any atom is -0.497 e. The van der Waals surface area contributed by atoms with Crippen LogP contribution in [0.25, 0.3) is 0 Å². The van der Waals surface area contributed by atoms with Gasteiger partial charge in [-0.15, -0.1) is 0 Å². The van der Waals surface area contributed by atoms with Crippen molar-refractivity contribution in [1.29, 1.82) is 0 Å². The zero-order valence-electron chi connectivity index (χ0n) is 16.3. The van der Waals surface area contributed by atoms with E-state index in [0.29, 0.717) is 30.2 Å². The van der Waals surface area contributed by atoms with E-state index in [1.807, 2.05) is 56.6 Å². The molecule has 0 aliphatic heterocycles. The molecular weight excluding hydrogens is 364 g/mol. The van der Waals surface area contributed by atoms with Crippen LogP contribution < -0.4 is 14.8 Å². The topological polar surface area (TPSA) is 50.8 Å². The number of carbonyl (C=O) groups is 1. The van der Waals surface area contributed by atoms with Gasteiger partial charge in [0.2, 0.25) is 5.91 Å². The molecule has 2 aromatic rings. The van der Waals surface area contributed by atoms with E-state index in [0.717, 1.165) is 16.9 Å². The Bertz CT molecular complexity index is 765. The molecule has 0 aromatic heterocycles. The molecule has 0 aliphatic carbocycles. The Morgan fingerprint density at radius 1 is 1.15 bits per heavy atom. The van der Waals surface area contributed by atoms with Gasteiger partial charge in [0.1, 0.15) is 11.5 Å². The van der Waals surface area contributed by atoms with Crippen molar-refractivity contribution in [1.82, 2.24) is 10.2 Å². The third-order valence-electron chi connectivity index (χ3n) is 4.45. The monoisotopic (exact) mass is 390 g/mol. The molecule has 1 N–H and O–H groups in total. The molecule has 6 heteroatoms. The second kappa shape index (κ2) is 10.2. The van der Waals surface area contributed by atoms with Crippen molar-refractivity contribution in [3.05, 3.63) is 58.6 Å². The van der Waals surface area contributed by atoms with Crippen molar-refractivity contribution in [2.45, 2.75) is 18.9 Å². The van der Waals surface area contributed by atoms with Crippen molar-refractivity contribution in [2.24, 2.45) is 0 Å². The van der Waals surface area contributed by atoms with E-state index in [9.17, 15) is 4.79 Å². The van der Waals surface area contributed by atoms with E-state index in [2.05, 4.69) is 10.2 Å². The lowest BCUT2D eigenvalue weighted by Gasteiger charge is -2.25. The third kappa shape index (κ3) is 6.15. The number of halogens is 1. The summed E-state index contributed by atoms with van der Waals surface area (Å²) >= 11 is 6.13. The van der Waals surface area contributed by atoms with Crippen LogP contribution in [0, 0.1) is 0 Å². The number of likely N-dealkylation sites (N-methyl/N-ethyl adjacent to an activating group) is 1. The van der Waals surface area contributed by atoms with E-state index in [1.54, 1.807) is 14.2 Å². The second-order valence-corrected chi connectivity index (χ2v) is 6.94. The van der Waals surface area contributed by atoms with E-state index >= 15 is 0 Å². The van der Waals surface area contributed by atoms with Gasteiger partial charge in [0.15, 0.2) is 0 Å². The Morgan fingerprint density at radius 2 is 1.93 bits per heavy atom. The average Bonchev–Trinajstić information content (AvgIpc) is 2.66. The summed E-state index contributed by atoms with van der Waals surface area (Å²) in [7, 11) is 7.22. The highest BCUT2D eigenvalue weighted by atomic mass is 35.5. The Labute approximate surface area is 166 Å². The Hall–Kier alpha value is -2.24. The van der Waals surface area contributed by atoms with E-state index in [1.165, 1.54) is 0 Å². The highest BCUT2D eigenvalue weighted by molar-refractivity contribution is 6.32. The highest BCUT2D eigenvalue weighted by Crippen LogP contribution is 2.25. The molecule has 5 nitrogen and oxygen atoms in total. The van der Waals surface area contributed by atoms with Gasteiger partial charge in [0, 0.05) is 13.0 Å². The maximum Gasteiger partial charge on any atom is 0.220 e. The first-order chi connectivity index (χ1) is 12.9. The van der Waals surface area contributed by atoms with Crippen LogP contribution in [0.4, 0.5) is 0 Å². The summed E-state index contributed by atoms with van der Waals surface area (Å²) in [5, 5.41) is 3.58. The fraction of sp³-hybridized carbons (Fsp3) is 0.381. The average molecular weight is 391 g/mol. The largest absolute Gasteiger partial charge is 0.497 e. The van der Waals surface area contributed by atoms with Crippen molar-refractivity contribution >= 4 is 17.5 Å². The molecule has 0 bridgehead atoms. The number of hydrogen-bond donors (Lipinski definition) is 1. The summed E-state index contributed by atoms with van der Waals surface area (Å²) in [6.07, 6.45) is 1.03. The number of rotatable bonds is 9. The zero-order valence-corrected chi connectivity index (χ0v) is 17.0. The van der Waals surface area contributed by atoms with Crippen LogP contribution in [0.3, 0.4) is 0 Å². The van der Waals surface area contributed by atoms with Crippen molar-refractivity contribution in [3.8, 4) is 11.5 Å². The minimum atomic E-state index is 0.0108. The lowest BCUT2D eigenvalue weighted by atomic mass is 10.1. The summed E-state index contributed by atoms with van der Waals surface area (Å²) < 4.78 is 10.4. The number of nitrogens with one attached hydrogen (secondary N) is 1. The van der Waals surface area contributed by atoms with Gasteiger partial charge in [0.25, 0.3) is 0 Å². The number of ether oxygens (including phenoxy) is 2. The van der Waals surface area contributed by atoms with Crippen LogP contribution in [0.1, 0.15) is 23.6 Å². The lowest BCUT2D eigenvalue weighted by molar-refractivity contribution is -0.121. The maximum atomic E-state index is 12.3. The predicted molar refractivity (Wildman–Crippen MR) is 109 cm³/mol. The van der Waals surface area contributed by atoms with Crippen LogP contribution in [-0.2, 0) is 11.2 Å². The molecule has 0 saturated carbocycles. The quantitative estimate of drug-likeness (QED) is 0.709. The van der Waals surface area contributed by atoms with Gasteiger partial charge in [-0.25, -0.2) is 0 Å². The van der Waals surface area contributed by atoms with Crippen molar-refractivity contribution in [2.75, 3.05) is 34.9 Å². The lowest BCUT2D eigenvalue weighted by Crippen LogP contribution is -2.34. The van der Waals surface area contributed by atoms with Gasteiger partial charge in [-0.1, -0.05) is 29.8 Å². The molecule has 0 aliphatic rings. The molecule has 1 amide bonds. The Morgan fingerprint density at radius 3 is 2.56 bits per heavy atom. The first-order valence-electron chi connectivity index (χ1n) is 8.84. The van der Waals surface area contributed by atoms with Crippen LogP contribution in [0.5, 0.6) is 11.5 Å². The number of amides is 1. The smallest absolute Gasteiger partial charge is 0.220 e. The first kappa shape index (κ1) is 21.1. The first-order valence-corrected chi connectivity index (χ1v) is 9.22. The molecule has 0 saturated heterocycles. The van der Waals surface area contributed by atoms with Gasteiger partial charge in [-0.2, -0.15) is 0 Å². The Kier molecular flexibility index (Phi) is 7.95. The number of benzene rings is 2. The van der Waals surface area contributed by atoms with Crippen LogP contribution in [0.2, 0.25) is 5.02 Å². The molecule has 0 spiro atoms. The van der Waals surface area contributed by atoms with Crippen molar-refractivity contribution < 1.29 is 14.3 Å². The third-order valence-corrected chi connectivity index (χ3v) is 4.75. The Balaban J connectivity index is 1.91. The molecular formula is C21H27ClN2O3. The number of hydrogen-bond acceptors (Lipinski definition) is 4. The predicted octanol–water partition coefficient (Wildman–Crippen LogP) is 3.71. The minimum absolute atomic E-state index is 0.0108. The highest BCUT2D eigenvalue weighted by Gasteiger charge is 2.16. The van der Waals surface area contributed by atoms with E-state index < -0.39 is 0 Å². The molecule has 0 fully saturated rings. The number of methoxy groups -OCH3 is 2. The normalized spacial score (nSPS) is 11.9. The zero-order chi connectivity index (χ0) is 19.8. The molecule has 0 radical (unpaired) electrons. The maximum absolute atomic E-state index is 12.3. The molecule has 2 aromatic carbocycles. The van der Waals surface area contributed by atoms with Crippen LogP contribution >= 0.6 is 11.6 Å². The standard InChI is InChI=1S/C21H27ClN2O3/c1-24(2)19(16-6-5-7-17(13-16)26-3)14-23-21(25)11-9-15-8-10-20(27-4)18(22)12-15/h5-8,10,12-13,19H,9,11,14H2,1-4H3,(H,23,25). The van der Waals surface area contributed by atoms with Gasteiger partial charge in [-0.05, 0) is 55.9 Å². The van der Waals surface area contributed by atoms with Gasteiger partial charge in [-0.3, -0.25) is 4.79 Å². The fourth-order valence-corrected chi connectivity index (χ4v) is 3.15. The van der Waals surface area contributed by atoms with Crippen LogP contribution in [-0.4, -0.2) is 45.7 Å². The van der Waals surface area contributed by atoms with Gasteiger partial charge >= 0.3 is 0 Å². The summed E-state index contributed by atoms with van der Waals surface area (Å²) in [6, 6.07) is 13.6. The summed E-state index contributed by atoms with van der Waals surface area (Å²) in [6.45, 7) is 0.530. The molecule has 27 heavy (non-hydrogen) atoms. The van der Waals surface area contributed by atoms with Crippen molar-refractivity contribution in [3.63, 3.8) is 0 Å². The summed E-state index contributed by atoms with van der Waals surface area (Å²) in [5.41, 5.74) is 2.11. The number of carbonyl (C=O) groups excluding carboxylic acids is 1. The second-order valence-electron chi connectivity index (χ2n) is 6.53. The fourth-order valence-electron chi connectivity index (χ4n) is 2.87. The van der Waals surface area contributed by atoms with E-state index in [-0.39, 0.29) is 11.9 Å². The van der Waals surface area contributed by atoms with E-state index in [4.69, 9.17) is 21.1 Å². The molecule has 1 atom stereocenters. The summed E-state index contributed by atoms with van der Waals surface area (Å²) in [5.74, 6) is 1.45. The molecule has 2 rings (SSSR count).